The molecule has 0 fully saturated rings. The van der Waals surface area contributed by atoms with Crippen LogP contribution in [-0.2, 0) is 11.2 Å². The van der Waals surface area contributed by atoms with Gasteiger partial charge in [0.1, 0.15) is 5.88 Å². The first-order valence-electron chi connectivity index (χ1n) is 5.71. The summed E-state index contributed by atoms with van der Waals surface area (Å²) in [6.07, 6.45) is 4.74. The van der Waals surface area contributed by atoms with Gasteiger partial charge >= 0.3 is 0 Å². The number of nitrogens with one attached hydrogen (secondary N) is 1. The van der Waals surface area contributed by atoms with E-state index in [0.29, 0.717) is 0 Å². The van der Waals surface area contributed by atoms with Gasteiger partial charge in [0.05, 0.1) is 0 Å². The molecule has 2 nitrogen and oxygen atoms in total. The molecule has 0 saturated carbocycles. The second kappa shape index (κ2) is 7.29. The van der Waals surface area contributed by atoms with Crippen LogP contribution in [0.1, 0.15) is 31.7 Å². The summed E-state index contributed by atoms with van der Waals surface area (Å²) < 4.78 is 0. The van der Waals surface area contributed by atoms with Gasteiger partial charge in [-0.2, -0.15) is 0 Å². The quantitative estimate of drug-likeness (QED) is 0.597. The van der Waals surface area contributed by atoms with Crippen LogP contribution in [-0.4, -0.2) is 11.8 Å². The predicted octanol–water partition coefficient (Wildman–Crippen LogP) is 3.60. The van der Waals surface area contributed by atoms with Crippen LogP contribution in [0.15, 0.2) is 24.3 Å². The van der Waals surface area contributed by atoms with Gasteiger partial charge in [-0.05, 0) is 30.5 Å². The molecule has 0 unspecified atom stereocenters. The van der Waals surface area contributed by atoms with Crippen LogP contribution in [0.4, 0.5) is 5.69 Å². The van der Waals surface area contributed by atoms with Crippen LogP contribution in [0, 0.1) is 0 Å². The average Bonchev–Trinajstić information content (AvgIpc) is 2.30. The van der Waals surface area contributed by atoms with Crippen molar-refractivity contribution in [1.29, 1.82) is 0 Å². The number of alkyl halides is 1. The summed E-state index contributed by atoms with van der Waals surface area (Å²) in [7, 11) is 0. The zero-order chi connectivity index (χ0) is 11.8. The van der Waals surface area contributed by atoms with E-state index in [1.807, 2.05) is 18.2 Å². The number of amides is 1. The van der Waals surface area contributed by atoms with Crippen LogP contribution in [0.5, 0.6) is 0 Å². The first kappa shape index (κ1) is 13.0. The topological polar surface area (TPSA) is 29.1 Å². The van der Waals surface area contributed by atoms with Crippen LogP contribution in [0.2, 0.25) is 0 Å². The molecule has 0 heterocycles. The molecule has 0 radical (unpaired) electrons. The maximum Gasteiger partial charge on any atom is 0.239 e. The van der Waals surface area contributed by atoms with E-state index in [1.165, 1.54) is 24.8 Å². The highest BCUT2D eigenvalue weighted by atomic mass is 35.5. The normalized spacial score (nSPS) is 10.1. The number of anilines is 1. The van der Waals surface area contributed by atoms with E-state index in [0.717, 1.165) is 12.1 Å². The molecular formula is C13H18ClNO. The van der Waals surface area contributed by atoms with Gasteiger partial charge in [0.2, 0.25) is 5.91 Å². The van der Waals surface area contributed by atoms with Gasteiger partial charge in [0.15, 0.2) is 0 Å². The number of halogens is 1. The summed E-state index contributed by atoms with van der Waals surface area (Å²) >= 11 is 5.43. The molecule has 16 heavy (non-hydrogen) atoms. The smallest absolute Gasteiger partial charge is 0.239 e. The van der Waals surface area contributed by atoms with Crippen molar-refractivity contribution in [3.8, 4) is 0 Å². The molecule has 1 amide bonds. The fraction of sp³-hybridized carbons (Fsp3) is 0.462. The predicted molar refractivity (Wildman–Crippen MR) is 69.0 cm³/mol. The molecule has 1 N–H and O–H groups in total. The molecule has 0 aliphatic rings. The molecule has 0 atom stereocenters. The van der Waals surface area contributed by atoms with Gasteiger partial charge in [-0.15, -0.1) is 11.6 Å². The third-order valence-corrected chi connectivity index (χ3v) is 2.64. The summed E-state index contributed by atoms with van der Waals surface area (Å²) in [6, 6.07) is 7.95. The molecule has 1 rings (SSSR count). The number of benzene rings is 1. The van der Waals surface area contributed by atoms with Crippen molar-refractivity contribution < 1.29 is 4.79 Å². The van der Waals surface area contributed by atoms with Crippen molar-refractivity contribution in [2.75, 3.05) is 11.2 Å². The minimum atomic E-state index is -0.160. The molecule has 0 saturated heterocycles. The van der Waals surface area contributed by atoms with Crippen molar-refractivity contribution in [3.05, 3.63) is 29.8 Å². The van der Waals surface area contributed by atoms with Gasteiger partial charge in [0.25, 0.3) is 0 Å². The van der Waals surface area contributed by atoms with Gasteiger partial charge in [-0.3, -0.25) is 4.79 Å². The Morgan fingerprint density at radius 1 is 1.38 bits per heavy atom. The molecule has 0 aliphatic carbocycles. The number of aryl methyl sites for hydroxylation is 1. The highest BCUT2D eigenvalue weighted by Crippen LogP contribution is 2.13. The fourth-order valence-corrected chi connectivity index (χ4v) is 1.64. The lowest BCUT2D eigenvalue weighted by Crippen LogP contribution is -2.12. The van der Waals surface area contributed by atoms with E-state index in [1.54, 1.807) is 0 Å². The van der Waals surface area contributed by atoms with E-state index in [2.05, 4.69) is 18.3 Å². The summed E-state index contributed by atoms with van der Waals surface area (Å²) in [5.74, 6) is -0.160. The Morgan fingerprint density at radius 2 is 2.19 bits per heavy atom. The minimum absolute atomic E-state index is 0.0000618. The second-order valence-electron chi connectivity index (χ2n) is 3.84. The zero-order valence-corrected chi connectivity index (χ0v) is 10.4. The molecule has 0 aliphatic heterocycles. The molecule has 0 bridgehead atoms. The molecular weight excluding hydrogens is 222 g/mol. The maximum atomic E-state index is 11.1. The van der Waals surface area contributed by atoms with Crippen LogP contribution in [0.25, 0.3) is 0 Å². The van der Waals surface area contributed by atoms with Crippen molar-refractivity contribution in [1.82, 2.24) is 0 Å². The molecule has 0 spiro atoms. The minimum Gasteiger partial charge on any atom is -0.325 e. The van der Waals surface area contributed by atoms with E-state index < -0.39 is 0 Å². The molecule has 88 valence electrons. The SMILES string of the molecule is CCCCCc1cccc(NC(=O)CCl)c1. The van der Waals surface area contributed by atoms with Crippen LogP contribution >= 0.6 is 11.6 Å². The van der Waals surface area contributed by atoms with Gasteiger partial charge in [0, 0.05) is 5.69 Å². The third-order valence-electron chi connectivity index (χ3n) is 2.40. The lowest BCUT2D eigenvalue weighted by Gasteiger charge is -2.06. The maximum absolute atomic E-state index is 11.1. The van der Waals surface area contributed by atoms with Crippen LogP contribution in [0.3, 0.4) is 0 Å². The third kappa shape index (κ3) is 4.67. The molecule has 3 heteroatoms. The van der Waals surface area contributed by atoms with Crippen molar-refractivity contribution in [2.24, 2.45) is 0 Å². The zero-order valence-electron chi connectivity index (χ0n) is 9.63. The number of carbonyl (C=O) groups is 1. The van der Waals surface area contributed by atoms with E-state index in [-0.39, 0.29) is 11.8 Å². The van der Waals surface area contributed by atoms with Gasteiger partial charge in [-0.1, -0.05) is 31.9 Å². The summed E-state index contributed by atoms with van der Waals surface area (Å²) in [5.41, 5.74) is 2.10. The number of rotatable bonds is 6. The standard InChI is InChI=1S/C13H18ClNO/c1-2-3-4-6-11-7-5-8-12(9-11)15-13(16)10-14/h5,7-9H,2-4,6,10H2,1H3,(H,15,16). The van der Waals surface area contributed by atoms with E-state index in [4.69, 9.17) is 11.6 Å². The first-order chi connectivity index (χ1) is 7.76. The molecule has 1 aromatic rings. The lowest BCUT2D eigenvalue weighted by molar-refractivity contribution is -0.113. The van der Waals surface area contributed by atoms with E-state index >= 15 is 0 Å². The number of unbranched alkanes of at least 4 members (excludes halogenated alkanes) is 2. The van der Waals surface area contributed by atoms with Crippen molar-refractivity contribution in [2.45, 2.75) is 32.6 Å². The second-order valence-corrected chi connectivity index (χ2v) is 4.11. The summed E-state index contributed by atoms with van der Waals surface area (Å²) in [4.78, 5) is 11.1. The average molecular weight is 240 g/mol. The summed E-state index contributed by atoms with van der Waals surface area (Å²) in [6.45, 7) is 2.19. The fourth-order valence-electron chi connectivity index (χ4n) is 1.58. The Morgan fingerprint density at radius 3 is 2.88 bits per heavy atom. The largest absolute Gasteiger partial charge is 0.325 e. The first-order valence-corrected chi connectivity index (χ1v) is 6.24. The highest BCUT2D eigenvalue weighted by molar-refractivity contribution is 6.29. The van der Waals surface area contributed by atoms with Gasteiger partial charge in [-0.25, -0.2) is 0 Å². The van der Waals surface area contributed by atoms with Crippen molar-refractivity contribution >= 4 is 23.2 Å². The van der Waals surface area contributed by atoms with Crippen LogP contribution < -0.4 is 5.32 Å². The number of hydrogen-bond acceptors (Lipinski definition) is 1. The molecule has 0 aromatic heterocycles. The van der Waals surface area contributed by atoms with Gasteiger partial charge < -0.3 is 5.32 Å². The Hall–Kier alpha value is -1.02. The Kier molecular flexibility index (Phi) is 5.94. The Balaban J connectivity index is 2.53. The highest BCUT2D eigenvalue weighted by Gasteiger charge is 2.00. The lowest BCUT2D eigenvalue weighted by atomic mass is 10.1. The number of hydrogen-bond donors (Lipinski definition) is 1. The molecule has 1 aromatic carbocycles. The number of carbonyl (C=O) groups excluding carboxylic acids is 1. The Labute approximate surface area is 102 Å². The summed E-state index contributed by atoms with van der Waals surface area (Å²) in [5, 5.41) is 2.75. The monoisotopic (exact) mass is 239 g/mol. The van der Waals surface area contributed by atoms with E-state index in [9.17, 15) is 4.79 Å². The Bertz CT molecular complexity index is 338. The van der Waals surface area contributed by atoms with Crippen molar-refractivity contribution in [3.63, 3.8) is 0 Å².